The van der Waals surface area contributed by atoms with Crippen molar-refractivity contribution in [3.63, 3.8) is 0 Å². The number of carbonyl (C=O) groups excluding carboxylic acids is 1. The molecule has 0 saturated heterocycles. The first-order valence-corrected chi connectivity index (χ1v) is 6.97. The maximum atomic E-state index is 11.9. The molecular formula is C11H7Cl2N3O3S. The van der Waals surface area contributed by atoms with Gasteiger partial charge in [0.15, 0.2) is 0 Å². The summed E-state index contributed by atoms with van der Waals surface area (Å²) in [5.74, 6) is -0.486. The molecule has 20 heavy (non-hydrogen) atoms. The molecule has 6 nitrogen and oxygen atoms in total. The zero-order valence-corrected chi connectivity index (χ0v) is 12.1. The zero-order chi connectivity index (χ0) is 14.7. The summed E-state index contributed by atoms with van der Waals surface area (Å²) in [7, 11) is 0. The van der Waals surface area contributed by atoms with Gasteiger partial charge in [-0.05, 0) is 6.07 Å². The van der Waals surface area contributed by atoms with E-state index in [0.717, 1.165) is 6.07 Å². The molecule has 0 unspecified atom stereocenters. The van der Waals surface area contributed by atoms with Crippen molar-refractivity contribution in [3.05, 3.63) is 54.4 Å². The fourth-order valence-corrected chi connectivity index (χ4v) is 2.39. The number of benzene rings is 1. The zero-order valence-electron chi connectivity index (χ0n) is 9.80. The summed E-state index contributed by atoms with van der Waals surface area (Å²) in [5.41, 5.74) is 2.02. The maximum Gasteiger partial charge on any atom is 0.290 e. The maximum absolute atomic E-state index is 11.9. The van der Waals surface area contributed by atoms with Crippen molar-refractivity contribution >= 4 is 46.1 Å². The second kappa shape index (κ2) is 6.17. The van der Waals surface area contributed by atoms with Crippen molar-refractivity contribution in [2.75, 3.05) is 0 Å². The summed E-state index contributed by atoms with van der Waals surface area (Å²) < 4.78 is 0. The first kappa shape index (κ1) is 14.7. The number of carbonyl (C=O) groups is 1. The largest absolute Gasteiger partial charge is 0.346 e. The average Bonchev–Trinajstić information content (AvgIpc) is 2.91. The fraction of sp³-hybridized carbons (Fsp3) is 0.0909. The third-order valence-corrected chi connectivity index (χ3v) is 3.81. The lowest BCUT2D eigenvalue weighted by molar-refractivity contribution is -0.384. The first-order valence-electron chi connectivity index (χ1n) is 5.27. The molecular weight excluding hydrogens is 325 g/mol. The van der Waals surface area contributed by atoms with Gasteiger partial charge in [0.25, 0.3) is 11.6 Å². The van der Waals surface area contributed by atoms with Crippen molar-refractivity contribution in [2.45, 2.75) is 6.54 Å². The van der Waals surface area contributed by atoms with E-state index in [1.54, 1.807) is 10.9 Å². The van der Waals surface area contributed by atoms with Crippen LogP contribution in [0.4, 0.5) is 5.69 Å². The predicted octanol–water partition coefficient (Wildman–Crippen LogP) is 3.29. The second-order valence-corrected chi connectivity index (χ2v) is 5.21. The van der Waals surface area contributed by atoms with Crippen LogP contribution in [-0.4, -0.2) is 15.8 Å². The molecule has 2 rings (SSSR count). The Morgan fingerprint density at radius 1 is 1.45 bits per heavy atom. The van der Waals surface area contributed by atoms with Gasteiger partial charge in [-0.2, -0.15) is 0 Å². The van der Waals surface area contributed by atoms with Gasteiger partial charge in [-0.15, -0.1) is 11.3 Å². The quantitative estimate of drug-likeness (QED) is 0.688. The molecule has 0 aliphatic carbocycles. The van der Waals surface area contributed by atoms with Gasteiger partial charge in [-0.25, -0.2) is 4.98 Å². The highest BCUT2D eigenvalue weighted by Crippen LogP contribution is 2.33. The number of aromatic nitrogens is 1. The molecule has 0 saturated carbocycles. The number of halogens is 2. The van der Waals surface area contributed by atoms with Gasteiger partial charge in [0, 0.05) is 17.0 Å². The minimum absolute atomic E-state index is 0.0420. The van der Waals surface area contributed by atoms with Crippen LogP contribution in [0.2, 0.25) is 10.0 Å². The lowest BCUT2D eigenvalue weighted by atomic mass is 10.2. The minimum atomic E-state index is -0.689. The van der Waals surface area contributed by atoms with Gasteiger partial charge >= 0.3 is 0 Å². The standard InChI is InChI=1S/C11H7Cl2N3O3S/c12-8-1-6(2-9(10(8)13)16(18)19)11(17)14-3-7-4-20-5-15-7/h1-2,4-5H,3H2,(H,14,17). The molecule has 0 aliphatic heterocycles. The van der Waals surface area contributed by atoms with Gasteiger partial charge in [-0.1, -0.05) is 23.2 Å². The molecule has 1 aromatic carbocycles. The number of hydrogen-bond donors (Lipinski definition) is 1. The third kappa shape index (κ3) is 3.24. The topological polar surface area (TPSA) is 85.1 Å². The minimum Gasteiger partial charge on any atom is -0.346 e. The van der Waals surface area contributed by atoms with Gasteiger partial charge in [-0.3, -0.25) is 14.9 Å². The Labute approximate surface area is 127 Å². The summed E-state index contributed by atoms with van der Waals surface area (Å²) in [5, 5.41) is 15.0. The normalized spacial score (nSPS) is 10.3. The molecule has 0 radical (unpaired) electrons. The van der Waals surface area contributed by atoms with Gasteiger partial charge in [0.05, 0.1) is 27.7 Å². The Morgan fingerprint density at radius 3 is 2.80 bits per heavy atom. The summed E-state index contributed by atoms with van der Waals surface area (Å²) in [6.45, 7) is 0.233. The SMILES string of the molecule is O=C(NCc1cscn1)c1cc(Cl)c(Cl)c([N+](=O)[O-])c1. The van der Waals surface area contributed by atoms with Crippen LogP contribution in [0.25, 0.3) is 0 Å². The fourth-order valence-electron chi connectivity index (χ4n) is 1.44. The van der Waals surface area contributed by atoms with Gasteiger partial charge in [0.1, 0.15) is 5.02 Å². The number of nitrogens with one attached hydrogen (secondary N) is 1. The summed E-state index contributed by atoms with van der Waals surface area (Å²) in [4.78, 5) is 26.1. The number of thiazole rings is 1. The number of amides is 1. The van der Waals surface area contributed by atoms with Gasteiger partial charge < -0.3 is 5.32 Å². The van der Waals surface area contributed by atoms with E-state index < -0.39 is 16.5 Å². The highest BCUT2D eigenvalue weighted by molar-refractivity contribution is 7.07. The van der Waals surface area contributed by atoms with Crippen LogP contribution >= 0.6 is 34.5 Å². The Bertz CT molecular complexity index is 661. The molecule has 0 atom stereocenters. The molecule has 1 heterocycles. The Balaban J connectivity index is 2.19. The molecule has 0 aliphatic rings. The number of rotatable bonds is 4. The lowest BCUT2D eigenvalue weighted by Gasteiger charge is -2.05. The smallest absolute Gasteiger partial charge is 0.290 e. The Morgan fingerprint density at radius 2 is 2.20 bits per heavy atom. The number of hydrogen-bond acceptors (Lipinski definition) is 5. The van der Waals surface area contributed by atoms with Crippen molar-refractivity contribution in [1.29, 1.82) is 0 Å². The van der Waals surface area contributed by atoms with Crippen molar-refractivity contribution < 1.29 is 9.72 Å². The Kier molecular flexibility index (Phi) is 4.53. The molecule has 2 aromatic rings. The molecule has 1 aromatic heterocycles. The number of nitro benzene ring substituents is 1. The summed E-state index contributed by atoms with van der Waals surface area (Å²) >= 11 is 12.9. The van der Waals surface area contributed by atoms with E-state index in [1.807, 2.05) is 0 Å². The van der Waals surface area contributed by atoms with E-state index in [2.05, 4.69) is 10.3 Å². The van der Waals surface area contributed by atoms with E-state index >= 15 is 0 Å². The molecule has 0 fully saturated rings. The van der Waals surface area contributed by atoms with Crippen molar-refractivity contribution in [2.24, 2.45) is 0 Å². The van der Waals surface area contributed by atoms with Crippen LogP contribution in [0.1, 0.15) is 16.1 Å². The molecule has 1 N–H and O–H groups in total. The molecule has 1 amide bonds. The van der Waals surface area contributed by atoms with Crippen molar-refractivity contribution in [3.8, 4) is 0 Å². The predicted molar refractivity (Wildman–Crippen MR) is 76.4 cm³/mol. The number of nitro groups is 1. The highest BCUT2D eigenvalue weighted by atomic mass is 35.5. The van der Waals surface area contributed by atoms with Crippen LogP contribution in [0.15, 0.2) is 23.0 Å². The molecule has 0 bridgehead atoms. The van der Waals surface area contributed by atoms with Crippen LogP contribution in [0, 0.1) is 10.1 Å². The van der Waals surface area contributed by atoms with E-state index in [4.69, 9.17) is 23.2 Å². The van der Waals surface area contributed by atoms with Crippen LogP contribution in [0.3, 0.4) is 0 Å². The third-order valence-electron chi connectivity index (χ3n) is 2.38. The lowest BCUT2D eigenvalue weighted by Crippen LogP contribution is -2.23. The second-order valence-electron chi connectivity index (χ2n) is 3.71. The summed E-state index contributed by atoms with van der Waals surface area (Å²) in [6, 6.07) is 2.37. The van der Waals surface area contributed by atoms with Gasteiger partial charge in [0.2, 0.25) is 0 Å². The monoisotopic (exact) mass is 331 g/mol. The molecule has 104 valence electrons. The molecule has 9 heteroatoms. The summed E-state index contributed by atoms with van der Waals surface area (Å²) in [6.07, 6.45) is 0. The Hall–Kier alpha value is -1.70. The first-order chi connectivity index (χ1) is 9.49. The average molecular weight is 332 g/mol. The number of nitrogens with zero attached hydrogens (tertiary/aromatic N) is 2. The van der Waals surface area contributed by atoms with Crippen LogP contribution < -0.4 is 5.32 Å². The molecule has 0 spiro atoms. The highest BCUT2D eigenvalue weighted by Gasteiger charge is 2.20. The van der Waals surface area contributed by atoms with E-state index in [1.165, 1.54) is 17.4 Å². The van der Waals surface area contributed by atoms with Crippen LogP contribution in [0.5, 0.6) is 0 Å². The van der Waals surface area contributed by atoms with E-state index in [-0.39, 0.29) is 22.2 Å². The van der Waals surface area contributed by atoms with Crippen LogP contribution in [-0.2, 0) is 6.54 Å². The van der Waals surface area contributed by atoms with E-state index in [9.17, 15) is 14.9 Å². The van der Waals surface area contributed by atoms with Crippen molar-refractivity contribution in [1.82, 2.24) is 10.3 Å². The van der Waals surface area contributed by atoms with E-state index in [0.29, 0.717) is 5.69 Å².